The van der Waals surface area contributed by atoms with Crippen molar-refractivity contribution in [3.05, 3.63) is 0 Å². The third-order valence-corrected chi connectivity index (χ3v) is 3.21. The monoisotopic (exact) mass is 256 g/mol. The lowest BCUT2D eigenvalue weighted by Crippen LogP contribution is -2.39. The Morgan fingerprint density at radius 1 is 1.06 bits per heavy atom. The molecule has 5 nitrogen and oxygen atoms in total. The Bertz CT molecular complexity index is 261. The summed E-state index contributed by atoms with van der Waals surface area (Å²) in [7, 11) is 0. The van der Waals surface area contributed by atoms with Crippen LogP contribution >= 0.6 is 0 Å². The van der Waals surface area contributed by atoms with Gasteiger partial charge in [0.2, 0.25) is 5.91 Å². The average molecular weight is 256 g/mol. The van der Waals surface area contributed by atoms with E-state index in [-0.39, 0.29) is 12.3 Å². The van der Waals surface area contributed by atoms with Crippen LogP contribution in [0.4, 0.5) is 0 Å². The predicted octanol–water partition coefficient (Wildman–Crippen LogP) is 1.23. The maximum atomic E-state index is 11.7. The van der Waals surface area contributed by atoms with Gasteiger partial charge in [0.15, 0.2) is 0 Å². The van der Waals surface area contributed by atoms with Crippen molar-refractivity contribution < 1.29 is 14.7 Å². The van der Waals surface area contributed by atoms with Gasteiger partial charge >= 0.3 is 5.97 Å². The lowest BCUT2D eigenvalue weighted by Gasteiger charge is -2.23. The summed E-state index contributed by atoms with van der Waals surface area (Å²) in [5.74, 6) is -0.797. The molecule has 104 valence electrons. The minimum Gasteiger partial charge on any atom is -0.481 e. The summed E-state index contributed by atoms with van der Waals surface area (Å²) in [6.45, 7) is 2.91. The molecule has 0 aromatic heterocycles. The van der Waals surface area contributed by atoms with Crippen molar-refractivity contribution in [3.8, 4) is 0 Å². The second kappa shape index (κ2) is 8.91. The zero-order valence-corrected chi connectivity index (χ0v) is 11.0. The summed E-state index contributed by atoms with van der Waals surface area (Å²) in [5.41, 5.74) is 0. The van der Waals surface area contributed by atoms with Gasteiger partial charge < -0.3 is 10.4 Å². The van der Waals surface area contributed by atoms with Crippen LogP contribution in [-0.2, 0) is 9.59 Å². The van der Waals surface area contributed by atoms with Crippen molar-refractivity contribution in [1.29, 1.82) is 0 Å². The number of aliphatic carboxylic acids is 1. The zero-order chi connectivity index (χ0) is 13.2. The first kappa shape index (κ1) is 15.0. The Balaban J connectivity index is 2.11. The fraction of sp³-hybridized carbons (Fsp3) is 0.846. The molecule has 1 amide bonds. The number of nitrogens with zero attached hydrogens (tertiary/aromatic N) is 1. The van der Waals surface area contributed by atoms with E-state index >= 15 is 0 Å². The van der Waals surface area contributed by atoms with E-state index in [0.717, 1.165) is 13.1 Å². The molecule has 2 N–H and O–H groups in total. The second-order valence-electron chi connectivity index (χ2n) is 4.89. The van der Waals surface area contributed by atoms with E-state index in [1.807, 2.05) is 0 Å². The third kappa shape index (κ3) is 7.27. The first-order valence-electron chi connectivity index (χ1n) is 6.89. The lowest BCUT2D eigenvalue weighted by molar-refractivity contribution is -0.137. The van der Waals surface area contributed by atoms with Crippen LogP contribution in [0.15, 0.2) is 0 Å². The Hall–Kier alpha value is -1.10. The van der Waals surface area contributed by atoms with Crippen LogP contribution in [0.3, 0.4) is 0 Å². The molecule has 1 aliphatic rings. The van der Waals surface area contributed by atoms with Crippen molar-refractivity contribution in [2.45, 2.75) is 44.9 Å². The molecule has 18 heavy (non-hydrogen) atoms. The third-order valence-electron chi connectivity index (χ3n) is 3.21. The Morgan fingerprint density at radius 2 is 1.67 bits per heavy atom. The number of carbonyl (C=O) groups excluding carboxylic acids is 1. The molecule has 0 aromatic rings. The van der Waals surface area contributed by atoms with Gasteiger partial charge in [0.25, 0.3) is 0 Å². The molecule has 1 aliphatic heterocycles. The van der Waals surface area contributed by atoms with Gasteiger partial charge in [-0.05, 0) is 32.4 Å². The Labute approximate surface area is 109 Å². The summed E-state index contributed by atoms with van der Waals surface area (Å²) in [5, 5.41) is 11.3. The fourth-order valence-corrected chi connectivity index (χ4v) is 2.20. The van der Waals surface area contributed by atoms with E-state index < -0.39 is 5.97 Å². The second-order valence-corrected chi connectivity index (χ2v) is 4.89. The van der Waals surface area contributed by atoms with Gasteiger partial charge in [0.05, 0.1) is 6.54 Å². The number of nitrogens with one attached hydrogen (secondary N) is 1. The molecular formula is C13H24N2O3. The van der Waals surface area contributed by atoms with Crippen molar-refractivity contribution in [1.82, 2.24) is 10.2 Å². The van der Waals surface area contributed by atoms with E-state index in [1.54, 1.807) is 0 Å². The van der Waals surface area contributed by atoms with Gasteiger partial charge in [-0.1, -0.05) is 19.3 Å². The number of carbonyl (C=O) groups is 2. The summed E-state index contributed by atoms with van der Waals surface area (Å²) >= 11 is 0. The molecule has 0 bridgehead atoms. The molecule has 0 atom stereocenters. The van der Waals surface area contributed by atoms with Crippen LogP contribution in [-0.4, -0.2) is 48.1 Å². The molecule has 0 aliphatic carbocycles. The highest BCUT2D eigenvalue weighted by molar-refractivity contribution is 5.78. The summed E-state index contributed by atoms with van der Waals surface area (Å²) < 4.78 is 0. The number of amides is 1. The highest BCUT2D eigenvalue weighted by Gasteiger charge is 2.11. The standard InChI is InChI=1S/C13H24N2O3/c16-12(14-8-6-7-13(17)18)11-15-9-4-2-1-3-5-10-15/h1-11H2,(H,14,16)(H,17,18). The largest absolute Gasteiger partial charge is 0.481 e. The Morgan fingerprint density at radius 3 is 2.28 bits per heavy atom. The maximum absolute atomic E-state index is 11.7. The summed E-state index contributed by atoms with van der Waals surface area (Å²) in [6, 6.07) is 0. The van der Waals surface area contributed by atoms with Gasteiger partial charge in [-0.3, -0.25) is 14.5 Å². The van der Waals surface area contributed by atoms with Crippen LogP contribution in [0.2, 0.25) is 0 Å². The molecule has 5 heteroatoms. The van der Waals surface area contributed by atoms with Crippen LogP contribution in [0.25, 0.3) is 0 Å². The topological polar surface area (TPSA) is 69.6 Å². The molecular weight excluding hydrogens is 232 g/mol. The number of hydrogen-bond donors (Lipinski definition) is 2. The Kier molecular flexibility index (Phi) is 7.41. The number of rotatable bonds is 6. The molecule has 0 radical (unpaired) electrons. The predicted molar refractivity (Wildman–Crippen MR) is 69.4 cm³/mol. The van der Waals surface area contributed by atoms with Crippen LogP contribution in [0, 0.1) is 0 Å². The molecule has 1 saturated heterocycles. The van der Waals surface area contributed by atoms with Gasteiger partial charge in [-0.25, -0.2) is 0 Å². The highest BCUT2D eigenvalue weighted by atomic mass is 16.4. The fourth-order valence-electron chi connectivity index (χ4n) is 2.20. The number of hydrogen-bond acceptors (Lipinski definition) is 3. The maximum Gasteiger partial charge on any atom is 0.303 e. The van der Waals surface area contributed by atoms with E-state index in [9.17, 15) is 9.59 Å². The van der Waals surface area contributed by atoms with E-state index in [4.69, 9.17) is 5.11 Å². The van der Waals surface area contributed by atoms with Crippen molar-refractivity contribution in [3.63, 3.8) is 0 Å². The van der Waals surface area contributed by atoms with Crippen LogP contribution in [0.5, 0.6) is 0 Å². The van der Waals surface area contributed by atoms with Gasteiger partial charge in [0, 0.05) is 13.0 Å². The summed E-state index contributed by atoms with van der Waals surface area (Å²) in [6.07, 6.45) is 6.80. The van der Waals surface area contributed by atoms with Crippen molar-refractivity contribution in [2.24, 2.45) is 0 Å². The minimum absolute atomic E-state index is 0.0148. The number of carboxylic acids is 1. The smallest absolute Gasteiger partial charge is 0.303 e. The van der Waals surface area contributed by atoms with E-state index in [1.165, 1.54) is 32.1 Å². The quantitative estimate of drug-likeness (QED) is 0.701. The molecule has 0 unspecified atom stereocenters. The highest BCUT2D eigenvalue weighted by Crippen LogP contribution is 2.09. The first-order valence-corrected chi connectivity index (χ1v) is 6.89. The molecule has 0 saturated carbocycles. The van der Waals surface area contributed by atoms with Gasteiger partial charge in [-0.15, -0.1) is 0 Å². The number of carboxylic acid groups (broad SMARTS) is 1. The van der Waals surface area contributed by atoms with Crippen molar-refractivity contribution in [2.75, 3.05) is 26.2 Å². The van der Waals surface area contributed by atoms with Gasteiger partial charge in [-0.2, -0.15) is 0 Å². The molecule has 1 heterocycles. The SMILES string of the molecule is O=C(O)CCCNC(=O)CN1CCCCCCC1. The number of likely N-dealkylation sites (tertiary alicyclic amines) is 1. The normalized spacial score (nSPS) is 17.8. The van der Waals surface area contributed by atoms with Crippen molar-refractivity contribution >= 4 is 11.9 Å². The first-order chi connectivity index (χ1) is 8.68. The molecule has 1 rings (SSSR count). The summed E-state index contributed by atoms with van der Waals surface area (Å²) in [4.78, 5) is 24.2. The molecule has 0 spiro atoms. The molecule has 0 aromatic carbocycles. The van der Waals surface area contributed by atoms with Crippen LogP contribution in [0.1, 0.15) is 44.9 Å². The van der Waals surface area contributed by atoms with E-state index in [0.29, 0.717) is 19.5 Å². The minimum atomic E-state index is -0.812. The van der Waals surface area contributed by atoms with E-state index in [2.05, 4.69) is 10.2 Å². The zero-order valence-electron chi connectivity index (χ0n) is 11.0. The van der Waals surface area contributed by atoms with Crippen LogP contribution < -0.4 is 5.32 Å². The molecule has 1 fully saturated rings. The van der Waals surface area contributed by atoms with Gasteiger partial charge in [0.1, 0.15) is 0 Å². The lowest BCUT2D eigenvalue weighted by atomic mass is 10.1. The average Bonchev–Trinajstić information content (AvgIpc) is 2.28.